The van der Waals surface area contributed by atoms with Crippen LogP contribution in [0.25, 0.3) is 0 Å². The molecule has 1 amide bonds. The Kier molecular flexibility index (Phi) is 4.54. The molecule has 1 aliphatic heterocycles. The topological polar surface area (TPSA) is 98.7 Å². The summed E-state index contributed by atoms with van der Waals surface area (Å²) in [4.78, 5) is 24.5. The van der Waals surface area contributed by atoms with Crippen molar-refractivity contribution in [2.24, 2.45) is 0 Å². The monoisotopic (exact) mass is 291 g/mol. The fourth-order valence-corrected chi connectivity index (χ4v) is 2.35. The summed E-state index contributed by atoms with van der Waals surface area (Å²) in [6.45, 7) is 4.88. The predicted octanol–water partition coefficient (Wildman–Crippen LogP) is 1.59. The average molecular weight is 291 g/mol. The molecule has 2 rings (SSSR count). The first kappa shape index (κ1) is 15.0. The highest BCUT2D eigenvalue weighted by molar-refractivity contribution is 6.03. The third-order valence-electron chi connectivity index (χ3n) is 3.37. The molecule has 112 valence electrons. The van der Waals surface area contributed by atoms with Gasteiger partial charge < -0.3 is 15.4 Å². The molecule has 1 saturated heterocycles. The first-order chi connectivity index (χ1) is 10.0. The molecular weight excluding hydrogens is 274 g/mol. The molecule has 0 radical (unpaired) electrons. The van der Waals surface area contributed by atoms with Gasteiger partial charge in [0.2, 0.25) is 0 Å². The van der Waals surface area contributed by atoms with E-state index < -0.39 is 10.8 Å². The Bertz CT molecular complexity index is 573. The van der Waals surface area contributed by atoms with Gasteiger partial charge in [0.25, 0.3) is 11.6 Å². The lowest BCUT2D eigenvalue weighted by atomic mass is 10.1. The largest absolute Gasteiger partial charge is 0.398 e. The van der Waals surface area contributed by atoms with Crippen molar-refractivity contribution in [3.05, 3.63) is 46.5 Å². The van der Waals surface area contributed by atoms with Crippen molar-refractivity contribution in [3.63, 3.8) is 0 Å². The van der Waals surface area contributed by atoms with Crippen molar-refractivity contribution in [1.29, 1.82) is 0 Å². The number of nitro benzene ring substituents is 1. The molecule has 0 bridgehead atoms. The van der Waals surface area contributed by atoms with Gasteiger partial charge in [0.1, 0.15) is 5.56 Å². The fraction of sp³-hybridized carbons (Fsp3) is 0.357. The maximum absolute atomic E-state index is 12.5. The van der Waals surface area contributed by atoms with E-state index in [0.29, 0.717) is 26.1 Å². The molecule has 1 heterocycles. The Morgan fingerprint density at radius 3 is 3.05 bits per heavy atom. The summed E-state index contributed by atoms with van der Waals surface area (Å²) in [7, 11) is 0. The number of carbonyl (C=O) groups is 1. The summed E-state index contributed by atoms with van der Waals surface area (Å²) in [6, 6.07) is 4.23. The number of hydrogen-bond donors (Lipinski definition) is 1. The fourth-order valence-electron chi connectivity index (χ4n) is 2.35. The number of hydrogen-bond acceptors (Lipinski definition) is 5. The quantitative estimate of drug-likeness (QED) is 0.384. The number of likely N-dealkylation sites (tertiary alicyclic amines) is 1. The molecule has 1 aliphatic rings. The Balaban J connectivity index is 2.18. The lowest BCUT2D eigenvalue weighted by Gasteiger charge is -2.17. The van der Waals surface area contributed by atoms with Gasteiger partial charge in [-0.3, -0.25) is 14.9 Å². The van der Waals surface area contributed by atoms with Crippen molar-refractivity contribution in [3.8, 4) is 0 Å². The second-order valence-electron chi connectivity index (χ2n) is 4.78. The van der Waals surface area contributed by atoms with Crippen LogP contribution in [0.2, 0.25) is 0 Å². The van der Waals surface area contributed by atoms with Crippen LogP contribution in [0.3, 0.4) is 0 Å². The number of ether oxygens (including phenoxy) is 1. The summed E-state index contributed by atoms with van der Waals surface area (Å²) >= 11 is 0. The third-order valence-corrected chi connectivity index (χ3v) is 3.37. The van der Waals surface area contributed by atoms with E-state index in [2.05, 4.69) is 6.58 Å². The molecule has 0 saturated carbocycles. The number of nitro groups is 1. The summed E-state index contributed by atoms with van der Waals surface area (Å²) < 4.78 is 5.50. The van der Waals surface area contributed by atoms with E-state index in [1.54, 1.807) is 6.08 Å². The van der Waals surface area contributed by atoms with Gasteiger partial charge in [-0.15, -0.1) is 6.58 Å². The highest BCUT2D eigenvalue weighted by atomic mass is 16.6. The minimum atomic E-state index is -0.592. The average Bonchev–Trinajstić information content (AvgIpc) is 2.92. The maximum Gasteiger partial charge on any atom is 0.284 e. The molecule has 7 heteroatoms. The second kappa shape index (κ2) is 6.36. The Morgan fingerprint density at radius 1 is 1.62 bits per heavy atom. The maximum atomic E-state index is 12.5. The lowest BCUT2D eigenvalue weighted by Crippen LogP contribution is -2.31. The SMILES string of the molecule is C=CCO[C@@H]1CCN(C(=O)c2c(N)cccc2[N+](=O)[O-])C1. The van der Waals surface area contributed by atoms with Crippen LogP contribution in [-0.4, -0.2) is 41.5 Å². The van der Waals surface area contributed by atoms with Crippen LogP contribution in [0.4, 0.5) is 11.4 Å². The zero-order valence-electron chi connectivity index (χ0n) is 11.5. The van der Waals surface area contributed by atoms with Crippen molar-refractivity contribution in [1.82, 2.24) is 4.90 Å². The molecule has 0 spiro atoms. The number of rotatable bonds is 5. The smallest absolute Gasteiger partial charge is 0.284 e. The first-order valence-electron chi connectivity index (χ1n) is 6.59. The molecule has 7 nitrogen and oxygen atoms in total. The number of carbonyl (C=O) groups excluding carboxylic acids is 1. The number of benzene rings is 1. The van der Waals surface area contributed by atoms with Gasteiger partial charge in [-0.05, 0) is 12.5 Å². The number of anilines is 1. The lowest BCUT2D eigenvalue weighted by molar-refractivity contribution is -0.385. The van der Waals surface area contributed by atoms with Gasteiger partial charge in [-0.25, -0.2) is 0 Å². The van der Waals surface area contributed by atoms with E-state index in [-0.39, 0.29) is 23.0 Å². The van der Waals surface area contributed by atoms with Crippen LogP contribution < -0.4 is 5.73 Å². The van der Waals surface area contributed by atoms with E-state index in [4.69, 9.17) is 10.5 Å². The van der Waals surface area contributed by atoms with E-state index in [0.717, 1.165) is 0 Å². The number of nitrogens with two attached hydrogens (primary N) is 1. The van der Waals surface area contributed by atoms with Crippen LogP contribution >= 0.6 is 0 Å². The minimum absolute atomic E-state index is 0.0492. The standard InChI is InChI=1S/C14H17N3O4/c1-2-8-21-10-6-7-16(9-10)14(18)13-11(15)4-3-5-12(13)17(19)20/h2-5,10H,1,6-9,15H2/t10-/m1/s1. The van der Waals surface area contributed by atoms with Gasteiger partial charge in [0.15, 0.2) is 0 Å². The predicted molar refractivity (Wildman–Crippen MR) is 78.0 cm³/mol. The van der Waals surface area contributed by atoms with Crippen molar-refractivity contribution in [2.45, 2.75) is 12.5 Å². The number of amides is 1. The van der Waals surface area contributed by atoms with Gasteiger partial charge in [0.05, 0.1) is 23.3 Å². The van der Waals surface area contributed by atoms with Gasteiger partial charge in [0, 0.05) is 19.2 Å². The molecule has 0 unspecified atom stereocenters. The van der Waals surface area contributed by atoms with Crippen LogP contribution in [-0.2, 0) is 4.74 Å². The molecular formula is C14H17N3O4. The van der Waals surface area contributed by atoms with Gasteiger partial charge in [-0.2, -0.15) is 0 Å². The van der Waals surface area contributed by atoms with E-state index in [1.165, 1.54) is 23.1 Å². The minimum Gasteiger partial charge on any atom is -0.398 e. The third kappa shape index (κ3) is 3.19. The Morgan fingerprint density at radius 2 is 2.38 bits per heavy atom. The molecule has 2 N–H and O–H groups in total. The van der Waals surface area contributed by atoms with Crippen molar-refractivity contribution < 1.29 is 14.5 Å². The number of nitrogens with zero attached hydrogens (tertiary/aromatic N) is 2. The number of nitrogen functional groups attached to an aromatic ring is 1. The van der Waals surface area contributed by atoms with E-state index in [1.807, 2.05) is 0 Å². The molecule has 21 heavy (non-hydrogen) atoms. The molecule has 1 fully saturated rings. The highest BCUT2D eigenvalue weighted by Gasteiger charge is 2.32. The molecule has 1 aromatic rings. The molecule has 1 aromatic carbocycles. The van der Waals surface area contributed by atoms with Crippen LogP contribution in [0.1, 0.15) is 16.8 Å². The normalized spacial score (nSPS) is 17.7. The van der Waals surface area contributed by atoms with Crippen molar-refractivity contribution in [2.75, 3.05) is 25.4 Å². The second-order valence-corrected chi connectivity index (χ2v) is 4.78. The summed E-state index contributed by atoms with van der Waals surface area (Å²) in [5, 5.41) is 11.0. The van der Waals surface area contributed by atoms with Crippen LogP contribution in [0, 0.1) is 10.1 Å². The summed E-state index contributed by atoms with van der Waals surface area (Å²) in [5.74, 6) is -0.426. The molecule has 0 aromatic heterocycles. The highest BCUT2D eigenvalue weighted by Crippen LogP contribution is 2.27. The Labute approximate surface area is 122 Å². The van der Waals surface area contributed by atoms with E-state index in [9.17, 15) is 14.9 Å². The van der Waals surface area contributed by atoms with E-state index >= 15 is 0 Å². The summed E-state index contributed by atoms with van der Waals surface area (Å²) in [6.07, 6.45) is 2.26. The first-order valence-corrected chi connectivity index (χ1v) is 6.59. The van der Waals surface area contributed by atoms with Crippen LogP contribution in [0.5, 0.6) is 0 Å². The van der Waals surface area contributed by atoms with Crippen LogP contribution in [0.15, 0.2) is 30.9 Å². The van der Waals surface area contributed by atoms with Gasteiger partial charge in [-0.1, -0.05) is 12.1 Å². The molecule has 1 atom stereocenters. The molecule has 0 aliphatic carbocycles. The zero-order chi connectivity index (χ0) is 15.4. The zero-order valence-corrected chi connectivity index (χ0v) is 11.5. The Hall–Kier alpha value is -2.41. The van der Waals surface area contributed by atoms with Crippen molar-refractivity contribution >= 4 is 17.3 Å². The van der Waals surface area contributed by atoms with Gasteiger partial charge >= 0.3 is 0 Å². The summed E-state index contributed by atoms with van der Waals surface area (Å²) in [5.41, 5.74) is 5.54.